The van der Waals surface area contributed by atoms with Gasteiger partial charge in [0.1, 0.15) is 5.82 Å². The van der Waals surface area contributed by atoms with Gasteiger partial charge >= 0.3 is 0 Å². The van der Waals surface area contributed by atoms with E-state index in [1.807, 2.05) is 12.1 Å². The van der Waals surface area contributed by atoms with Crippen molar-refractivity contribution < 1.29 is 4.39 Å². The minimum absolute atomic E-state index is 0.155. The third-order valence-corrected chi connectivity index (χ3v) is 4.57. The molecule has 1 atom stereocenters. The maximum Gasteiger partial charge on any atom is 0.123 e. The molecule has 0 bridgehead atoms. The molecule has 1 aromatic carbocycles. The smallest absolute Gasteiger partial charge is 0.123 e. The zero-order valence-corrected chi connectivity index (χ0v) is 11.5. The Morgan fingerprint density at radius 2 is 1.89 bits per heavy atom. The van der Waals surface area contributed by atoms with Crippen molar-refractivity contribution in [3.8, 4) is 0 Å². The van der Waals surface area contributed by atoms with Gasteiger partial charge in [-0.15, -0.1) is 0 Å². The van der Waals surface area contributed by atoms with Crippen molar-refractivity contribution in [1.82, 2.24) is 5.32 Å². The molecule has 0 aliphatic heterocycles. The van der Waals surface area contributed by atoms with E-state index in [9.17, 15) is 4.39 Å². The normalized spacial score (nSPS) is 19.3. The lowest BCUT2D eigenvalue weighted by molar-refractivity contribution is 0.118. The van der Waals surface area contributed by atoms with Crippen LogP contribution in [0.1, 0.15) is 57.6 Å². The van der Waals surface area contributed by atoms with Gasteiger partial charge in [0.05, 0.1) is 0 Å². The summed E-state index contributed by atoms with van der Waals surface area (Å²) in [7, 11) is 0. The molecule has 1 aliphatic carbocycles. The molecule has 1 nitrogen and oxygen atoms in total. The average molecular weight is 249 g/mol. The Labute approximate surface area is 110 Å². The average Bonchev–Trinajstić information content (AvgIpc) is 2.35. The summed E-state index contributed by atoms with van der Waals surface area (Å²) in [5.74, 6) is -0.155. The van der Waals surface area contributed by atoms with Gasteiger partial charge in [0.2, 0.25) is 0 Å². The number of hydrogen-bond donors (Lipinski definition) is 1. The third-order valence-electron chi connectivity index (χ3n) is 4.57. The van der Waals surface area contributed by atoms with Crippen LogP contribution in [0.3, 0.4) is 0 Å². The molecule has 18 heavy (non-hydrogen) atoms. The van der Waals surface area contributed by atoms with Crippen LogP contribution in [0.25, 0.3) is 0 Å². The van der Waals surface area contributed by atoms with Crippen LogP contribution in [0.5, 0.6) is 0 Å². The van der Waals surface area contributed by atoms with Crippen molar-refractivity contribution >= 4 is 0 Å². The summed E-state index contributed by atoms with van der Waals surface area (Å²) in [4.78, 5) is 0. The fourth-order valence-corrected chi connectivity index (χ4v) is 2.86. The lowest BCUT2D eigenvalue weighted by Gasteiger charge is -2.42. The predicted molar refractivity (Wildman–Crippen MR) is 74.0 cm³/mol. The number of nitrogens with one attached hydrogen (secondary N) is 1. The molecular formula is C16H24FN. The van der Waals surface area contributed by atoms with Crippen LogP contribution in [0, 0.1) is 11.2 Å². The molecule has 1 aromatic rings. The molecule has 0 saturated heterocycles. The highest BCUT2D eigenvalue weighted by atomic mass is 19.1. The summed E-state index contributed by atoms with van der Waals surface area (Å²) in [6.07, 6.45) is 6.40. The lowest BCUT2D eigenvalue weighted by Crippen LogP contribution is -2.40. The third kappa shape index (κ3) is 2.92. The van der Waals surface area contributed by atoms with Gasteiger partial charge in [-0.3, -0.25) is 0 Å². The molecule has 0 aromatic heterocycles. The minimum atomic E-state index is -0.155. The van der Waals surface area contributed by atoms with Crippen LogP contribution in [-0.2, 0) is 0 Å². The SMILES string of the molecule is CCC(NCC1(CC)CCC1)c1ccc(F)cc1. The van der Waals surface area contributed by atoms with E-state index in [1.54, 1.807) is 12.1 Å². The molecule has 2 rings (SSSR count). The largest absolute Gasteiger partial charge is 0.309 e. The standard InChI is InChI=1S/C16H24FN/c1-3-15(13-6-8-14(17)9-7-13)18-12-16(4-2)10-5-11-16/h6-9,15,18H,3-5,10-12H2,1-2H3. The second kappa shape index (κ2) is 5.83. The number of halogens is 1. The Morgan fingerprint density at radius 3 is 2.33 bits per heavy atom. The van der Waals surface area contributed by atoms with Crippen molar-refractivity contribution in [3.05, 3.63) is 35.6 Å². The molecule has 1 N–H and O–H groups in total. The maximum absolute atomic E-state index is 12.9. The first-order valence-electron chi connectivity index (χ1n) is 7.18. The van der Waals surface area contributed by atoms with E-state index in [2.05, 4.69) is 19.2 Å². The van der Waals surface area contributed by atoms with Crippen LogP contribution in [-0.4, -0.2) is 6.54 Å². The zero-order valence-electron chi connectivity index (χ0n) is 11.5. The van der Waals surface area contributed by atoms with E-state index in [-0.39, 0.29) is 5.82 Å². The number of benzene rings is 1. The number of hydrogen-bond acceptors (Lipinski definition) is 1. The summed E-state index contributed by atoms with van der Waals surface area (Å²) in [6.45, 7) is 5.57. The second-order valence-corrected chi connectivity index (χ2v) is 5.60. The first-order valence-corrected chi connectivity index (χ1v) is 7.18. The Morgan fingerprint density at radius 1 is 1.22 bits per heavy atom. The van der Waals surface area contributed by atoms with Crippen LogP contribution in [0.2, 0.25) is 0 Å². The van der Waals surface area contributed by atoms with Crippen LogP contribution < -0.4 is 5.32 Å². The first-order chi connectivity index (χ1) is 8.69. The molecule has 1 fully saturated rings. The lowest BCUT2D eigenvalue weighted by atomic mass is 9.67. The van der Waals surface area contributed by atoms with E-state index in [1.165, 1.54) is 31.2 Å². The Kier molecular flexibility index (Phi) is 4.39. The molecule has 1 aliphatic rings. The molecule has 0 heterocycles. The van der Waals surface area contributed by atoms with Crippen LogP contribution >= 0.6 is 0 Å². The molecule has 100 valence electrons. The van der Waals surface area contributed by atoms with Crippen molar-refractivity contribution in [2.45, 2.75) is 52.0 Å². The highest BCUT2D eigenvalue weighted by Gasteiger charge is 2.35. The Balaban J connectivity index is 1.95. The summed E-state index contributed by atoms with van der Waals surface area (Å²) >= 11 is 0. The van der Waals surface area contributed by atoms with E-state index >= 15 is 0 Å². The fraction of sp³-hybridized carbons (Fsp3) is 0.625. The van der Waals surface area contributed by atoms with Gasteiger partial charge in [-0.2, -0.15) is 0 Å². The maximum atomic E-state index is 12.9. The summed E-state index contributed by atoms with van der Waals surface area (Å²) < 4.78 is 12.9. The topological polar surface area (TPSA) is 12.0 Å². The number of rotatable bonds is 6. The summed E-state index contributed by atoms with van der Waals surface area (Å²) in [5.41, 5.74) is 1.73. The highest BCUT2D eigenvalue weighted by Crippen LogP contribution is 2.43. The molecule has 0 radical (unpaired) electrons. The Hall–Kier alpha value is -0.890. The van der Waals surface area contributed by atoms with Gasteiger partial charge in [0.15, 0.2) is 0 Å². The first kappa shape index (κ1) is 13.5. The van der Waals surface area contributed by atoms with E-state index in [0.29, 0.717) is 11.5 Å². The van der Waals surface area contributed by atoms with Gasteiger partial charge in [0.25, 0.3) is 0 Å². The van der Waals surface area contributed by atoms with Gasteiger partial charge in [-0.05, 0) is 48.8 Å². The van der Waals surface area contributed by atoms with Gasteiger partial charge in [0, 0.05) is 12.6 Å². The van der Waals surface area contributed by atoms with Crippen molar-refractivity contribution in [1.29, 1.82) is 0 Å². The minimum Gasteiger partial charge on any atom is -0.309 e. The van der Waals surface area contributed by atoms with Gasteiger partial charge < -0.3 is 5.32 Å². The van der Waals surface area contributed by atoms with E-state index in [4.69, 9.17) is 0 Å². The molecule has 1 saturated carbocycles. The van der Waals surface area contributed by atoms with E-state index < -0.39 is 0 Å². The quantitative estimate of drug-likeness (QED) is 0.785. The monoisotopic (exact) mass is 249 g/mol. The molecule has 0 amide bonds. The summed E-state index contributed by atoms with van der Waals surface area (Å²) in [5, 5.41) is 3.68. The van der Waals surface area contributed by atoms with Crippen LogP contribution in [0.4, 0.5) is 4.39 Å². The highest BCUT2D eigenvalue weighted by molar-refractivity contribution is 5.19. The zero-order chi connectivity index (χ0) is 13.0. The van der Waals surface area contributed by atoms with Crippen molar-refractivity contribution in [3.63, 3.8) is 0 Å². The summed E-state index contributed by atoms with van der Waals surface area (Å²) in [6, 6.07) is 7.26. The Bertz CT molecular complexity index is 362. The van der Waals surface area contributed by atoms with E-state index in [0.717, 1.165) is 13.0 Å². The van der Waals surface area contributed by atoms with Gasteiger partial charge in [-0.1, -0.05) is 32.4 Å². The molecular weight excluding hydrogens is 225 g/mol. The second-order valence-electron chi connectivity index (χ2n) is 5.60. The molecule has 0 spiro atoms. The predicted octanol–water partition coefficient (Wildman–Crippen LogP) is 4.45. The molecule has 1 unspecified atom stereocenters. The van der Waals surface area contributed by atoms with Gasteiger partial charge in [-0.25, -0.2) is 4.39 Å². The van der Waals surface area contributed by atoms with Crippen molar-refractivity contribution in [2.24, 2.45) is 5.41 Å². The van der Waals surface area contributed by atoms with Crippen LogP contribution in [0.15, 0.2) is 24.3 Å². The fourth-order valence-electron chi connectivity index (χ4n) is 2.86. The molecule has 2 heteroatoms. The van der Waals surface area contributed by atoms with Crippen molar-refractivity contribution in [2.75, 3.05) is 6.54 Å².